The molecule has 4 heteroatoms. The summed E-state index contributed by atoms with van der Waals surface area (Å²) in [5, 5.41) is 6.11. The normalized spacial score (nSPS) is 15.9. The maximum atomic E-state index is 12.1. The van der Waals surface area contributed by atoms with Gasteiger partial charge in [-0.25, -0.2) is 0 Å². The molecule has 92 valence electrons. The molecule has 1 heterocycles. The molecule has 0 aliphatic heterocycles. The van der Waals surface area contributed by atoms with Crippen LogP contribution in [0.2, 0.25) is 0 Å². The second kappa shape index (κ2) is 5.17. The summed E-state index contributed by atoms with van der Waals surface area (Å²) in [6.45, 7) is 1.92. The number of rotatable bonds is 3. The molecule has 1 aromatic rings. The molecule has 0 atom stereocenters. The third-order valence-electron chi connectivity index (χ3n) is 3.25. The molecular formula is C13H19N3O. The lowest BCUT2D eigenvalue weighted by atomic mass is 10.1. The molecular weight excluding hydrogens is 214 g/mol. The second-order valence-electron chi connectivity index (χ2n) is 4.58. The van der Waals surface area contributed by atoms with Crippen molar-refractivity contribution in [3.8, 4) is 0 Å². The highest BCUT2D eigenvalue weighted by atomic mass is 16.1. The van der Waals surface area contributed by atoms with Crippen LogP contribution in [0.25, 0.3) is 0 Å². The molecule has 0 spiro atoms. The maximum Gasteiger partial charge on any atom is 0.255 e. The van der Waals surface area contributed by atoms with E-state index < -0.39 is 0 Å². The van der Waals surface area contributed by atoms with Gasteiger partial charge in [0.2, 0.25) is 0 Å². The predicted molar refractivity (Wildman–Crippen MR) is 68.2 cm³/mol. The zero-order chi connectivity index (χ0) is 12.3. The van der Waals surface area contributed by atoms with Crippen molar-refractivity contribution in [2.24, 2.45) is 0 Å². The number of carbonyl (C=O) groups excluding carboxylic acids is 1. The van der Waals surface area contributed by atoms with E-state index in [0.29, 0.717) is 11.6 Å². The van der Waals surface area contributed by atoms with Crippen LogP contribution in [0.4, 0.5) is 5.69 Å². The lowest BCUT2D eigenvalue weighted by molar-refractivity contribution is 0.0938. The second-order valence-corrected chi connectivity index (χ2v) is 4.58. The number of aryl methyl sites for hydroxylation is 1. The van der Waals surface area contributed by atoms with E-state index in [1.807, 2.05) is 20.0 Å². The van der Waals surface area contributed by atoms with Crippen LogP contribution in [0.15, 0.2) is 12.3 Å². The summed E-state index contributed by atoms with van der Waals surface area (Å²) in [5.41, 5.74) is 2.38. The average molecular weight is 233 g/mol. The molecule has 1 amide bonds. The Kier molecular flexibility index (Phi) is 3.61. The van der Waals surface area contributed by atoms with Crippen molar-refractivity contribution in [1.82, 2.24) is 10.3 Å². The summed E-state index contributed by atoms with van der Waals surface area (Å²) < 4.78 is 0. The van der Waals surface area contributed by atoms with Gasteiger partial charge in [0.25, 0.3) is 5.91 Å². The van der Waals surface area contributed by atoms with Crippen molar-refractivity contribution in [3.63, 3.8) is 0 Å². The number of aromatic nitrogens is 1. The highest BCUT2D eigenvalue weighted by Gasteiger charge is 2.19. The Balaban J connectivity index is 2.12. The Labute approximate surface area is 102 Å². The summed E-state index contributed by atoms with van der Waals surface area (Å²) in [6, 6.07) is 2.23. The van der Waals surface area contributed by atoms with E-state index in [-0.39, 0.29) is 5.91 Å². The zero-order valence-corrected chi connectivity index (χ0v) is 10.4. The van der Waals surface area contributed by atoms with E-state index in [1.165, 1.54) is 12.8 Å². The van der Waals surface area contributed by atoms with Crippen molar-refractivity contribution in [2.45, 2.75) is 38.6 Å². The maximum absolute atomic E-state index is 12.1. The predicted octanol–water partition coefficient (Wildman–Crippen LogP) is 2.10. The fourth-order valence-corrected chi connectivity index (χ4v) is 2.28. The Hall–Kier alpha value is -1.58. The van der Waals surface area contributed by atoms with Gasteiger partial charge in [0.1, 0.15) is 0 Å². The number of amides is 1. The van der Waals surface area contributed by atoms with Crippen LogP contribution < -0.4 is 10.6 Å². The first-order valence-electron chi connectivity index (χ1n) is 6.16. The van der Waals surface area contributed by atoms with Gasteiger partial charge in [-0.3, -0.25) is 9.78 Å². The first-order chi connectivity index (χ1) is 8.20. The quantitative estimate of drug-likeness (QED) is 0.840. The summed E-state index contributed by atoms with van der Waals surface area (Å²) in [6.07, 6.45) is 6.28. The van der Waals surface area contributed by atoms with Gasteiger partial charge in [0.15, 0.2) is 0 Å². The van der Waals surface area contributed by atoms with Gasteiger partial charge in [0.05, 0.1) is 11.3 Å². The average Bonchev–Trinajstić information content (AvgIpc) is 2.81. The van der Waals surface area contributed by atoms with E-state index >= 15 is 0 Å². The monoisotopic (exact) mass is 233 g/mol. The van der Waals surface area contributed by atoms with E-state index in [9.17, 15) is 4.79 Å². The van der Waals surface area contributed by atoms with Gasteiger partial charge >= 0.3 is 0 Å². The summed E-state index contributed by atoms with van der Waals surface area (Å²) in [5.74, 6) is -0.0197. The third-order valence-corrected chi connectivity index (χ3v) is 3.25. The molecule has 2 rings (SSSR count). The van der Waals surface area contributed by atoms with Crippen molar-refractivity contribution in [1.29, 1.82) is 0 Å². The Morgan fingerprint density at radius 1 is 1.41 bits per heavy atom. The molecule has 2 N–H and O–H groups in total. The van der Waals surface area contributed by atoms with Crippen LogP contribution in [0, 0.1) is 6.92 Å². The number of nitrogens with one attached hydrogen (secondary N) is 2. The molecule has 0 radical (unpaired) electrons. The fraction of sp³-hybridized carbons (Fsp3) is 0.538. The minimum atomic E-state index is -0.0197. The summed E-state index contributed by atoms with van der Waals surface area (Å²) >= 11 is 0. The van der Waals surface area contributed by atoms with E-state index in [1.54, 1.807) is 6.20 Å². The van der Waals surface area contributed by atoms with Gasteiger partial charge < -0.3 is 10.6 Å². The topological polar surface area (TPSA) is 54.0 Å². The number of hydrogen-bond donors (Lipinski definition) is 2. The highest BCUT2D eigenvalue weighted by Crippen LogP contribution is 2.20. The van der Waals surface area contributed by atoms with Gasteiger partial charge in [-0.15, -0.1) is 0 Å². The largest absolute Gasteiger partial charge is 0.387 e. The number of hydrogen-bond acceptors (Lipinski definition) is 3. The number of pyridine rings is 1. The smallest absolute Gasteiger partial charge is 0.255 e. The first kappa shape index (κ1) is 11.9. The van der Waals surface area contributed by atoms with Crippen molar-refractivity contribution >= 4 is 11.6 Å². The lowest BCUT2D eigenvalue weighted by Gasteiger charge is -2.14. The number of nitrogens with zero attached hydrogens (tertiary/aromatic N) is 1. The SMILES string of the molecule is CNc1cc(C)ncc1C(=O)NC1CCCC1. The Morgan fingerprint density at radius 3 is 2.76 bits per heavy atom. The van der Waals surface area contributed by atoms with Gasteiger partial charge in [0, 0.05) is 25.0 Å². The molecule has 0 unspecified atom stereocenters. The minimum Gasteiger partial charge on any atom is -0.387 e. The van der Waals surface area contributed by atoms with Crippen LogP contribution >= 0.6 is 0 Å². The van der Waals surface area contributed by atoms with Crippen molar-refractivity contribution in [2.75, 3.05) is 12.4 Å². The molecule has 4 nitrogen and oxygen atoms in total. The first-order valence-corrected chi connectivity index (χ1v) is 6.16. The molecule has 17 heavy (non-hydrogen) atoms. The number of carbonyl (C=O) groups is 1. The highest BCUT2D eigenvalue weighted by molar-refractivity contribution is 5.99. The minimum absolute atomic E-state index is 0.0197. The van der Waals surface area contributed by atoms with E-state index in [0.717, 1.165) is 24.2 Å². The van der Waals surface area contributed by atoms with Gasteiger partial charge in [-0.05, 0) is 25.8 Å². The lowest BCUT2D eigenvalue weighted by Crippen LogP contribution is -2.33. The van der Waals surface area contributed by atoms with Crippen LogP contribution in [-0.2, 0) is 0 Å². The third kappa shape index (κ3) is 2.75. The standard InChI is InChI=1S/C13H19N3O/c1-9-7-12(14-2)11(8-15-9)13(17)16-10-5-3-4-6-10/h7-8,10H,3-6H2,1-2H3,(H,14,15)(H,16,17). The zero-order valence-electron chi connectivity index (χ0n) is 10.4. The van der Waals surface area contributed by atoms with E-state index in [4.69, 9.17) is 0 Å². The Morgan fingerprint density at radius 2 is 2.12 bits per heavy atom. The van der Waals surface area contributed by atoms with Gasteiger partial charge in [-0.1, -0.05) is 12.8 Å². The van der Waals surface area contributed by atoms with Gasteiger partial charge in [-0.2, -0.15) is 0 Å². The molecule has 1 aliphatic rings. The summed E-state index contributed by atoms with van der Waals surface area (Å²) in [7, 11) is 1.82. The fourth-order valence-electron chi connectivity index (χ4n) is 2.28. The van der Waals surface area contributed by atoms with Crippen LogP contribution in [0.3, 0.4) is 0 Å². The molecule has 1 saturated carbocycles. The van der Waals surface area contributed by atoms with Crippen molar-refractivity contribution in [3.05, 3.63) is 23.5 Å². The van der Waals surface area contributed by atoms with Crippen molar-refractivity contribution < 1.29 is 4.79 Å². The molecule has 0 bridgehead atoms. The van der Waals surface area contributed by atoms with Crippen LogP contribution in [0.5, 0.6) is 0 Å². The molecule has 1 aliphatic carbocycles. The van der Waals surface area contributed by atoms with Crippen LogP contribution in [0.1, 0.15) is 41.7 Å². The molecule has 0 saturated heterocycles. The van der Waals surface area contributed by atoms with E-state index in [2.05, 4.69) is 15.6 Å². The molecule has 0 aromatic carbocycles. The van der Waals surface area contributed by atoms with Crippen LogP contribution in [-0.4, -0.2) is 24.0 Å². The summed E-state index contributed by atoms with van der Waals surface area (Å²) in [4.78, 5) is 16.3. The number of anilines is 1. The Bertz CT molecular complexity index is 411. The molecule has 1 fully saturated rings. The molecule has 1 aromatic heterocycles.